The van der Waals surface area contributed by atoms with Crippen LogP contribution in [0.25, 0.3) is 0 Å². The summed E-state index contributed by atoms with van der Waals surface area (Å²) in [5.41, 5.74) is 5.54. The first kappa shape index (κ1) is 14.0. The highest BCUT2D eigenvalue weighted by molar-refractivity contribution is 5.94. The van der Waals surface area contributed by atoms with E-state index in [1.807, 2.05) is 6.92 Å². The summed E-state index contributed by atoms with van der Waals surface area (Å²) in [7, 11) is 0. The molecule has 2 rings (SSSR count). The molecule has 0 aliphatic carbocycles. The van der Waals surface area contributed by atoms with Gasteiger partial charge in [-0.3, -0.25) is 9.48 Å². The second-order valence-corrected chi connectivity index (χ2v) is 4.17. The van der Waals surface area contributed by atoms with Crippen molar-refractivity contribution in [2.24, 2.45) is 5.73 Å². The minimum atomic E-state index is -0.973. The number of carbonyl (C=O) groups excluding carboxylic acids is 1. The highest BCUT2D eigenvalue weighted by Gasteiger charge is 2.14. The third kappa shape index (κ3) is 2.76. The Morgan fingerprint density at radius 2 is 2.15 bits per heavy atom. The summed E-state index contributed by atoms with van der Waals surface area (Å²) in [6, 6.07) is 3.49. The first-order valence-corrected chi connectivity index (χ1v) is 6.06. The molecule has 2 aromatic rings. The van der Waals surface area contributed by atoms with E-state index in [-0.39, 0.29) is 11.3 Å². The summed E-state index contributed by atoms with van der Waals surface area (Å²) >= 11 is 0. The van der Waals surface area contributed by atoms with Gasteiger partial charge in [-0.2, -0.15) is 5.10 Å². The van der Waals surface area contributed by atoms with Crippen molar-refractivity contribution >= 4 is 11.6 Å². The highest BCUT2D eigenvalue weighted by atomic mass is 19.1. The number of anilines is 1. The molecule has 1 heterocycles. The summed E-state index contributed by atoms with van der Waals surface area (Å²) in [6.45, 7) is 2.91. The molecule has 0 bridgehead atoms. The highest BCUT2D eigenvalue weighted by Crippen LogP contribution is 2.20. The summed E-state index contributed by atoms with van der Waals surface area (Å²) in [6.07, 6.45) is 1.64. The maximum atomic E-state index is 13.6. The van der Waals surface area contributed by atoms with Crippen LogP contribution in [-0.4, -0.2) is 15.7 Å². The van der Waals surface area contributed by atoms with Crippen LogP contribution in [-0.2, 0) is 13.1 Å². The molecule has 1 amide bonds. The third-order valence-corrected chi connectivity index (χ3v) is 2.89. The van der Waals surface area contributed by atoms with Gasteiger partial charge in [0.15, 0.2) is 0 Å². The fourth-order valence-electron chi connectivity index (χ4n) is 1.85. The minimum absolute atomic E-state index is 0.0176. The van der Waals surface area contributed by atoms with E-state index < -0.39 is 17.5 Å². The molecule has 0 unspecified atom stereocenters. The van der Waals surface area contributed by atoms with E-state index >= 15 is 0 Å². The smallest absolute Gasteiger partial charge is 0.251 e. The number of benzene rings is 1. The topological polar surface area (TPSA) is 72.9 Å². The van der Waals surface area contributed by atoms with Crippen molar-refractivity contribution in [2.75, 3.05) is 5.32 Å². The average Bonchev–Trinajstić information content (AvgIpc) is 2.84. The number of hydrogen-bond acceptors (Lipinski definition) is 3. The van der Waals surface area contributed by atoms with Gasteiger partial charge >= 0.3 is 0 Å². The Labute approximate surface area is 114 Å². The van der Waals surface area contributed by atoms with Crippen molar-refractivity contribution < 1.29 is 13.6 Å². The first-order chi connectivity index (χ1) is 9.52. The van der Waals surface area contributed by atoms with Gasteiger partial charge in [0.1, 0.15) is 11.6 Å². The van der Waals surface area contributed by atoms with Gasteiger partial charge < -0.3 is 11.1 Å². The summed E-state index contributed by atoms with van der Waals surface area (Å²) in [5.74, 6) is -2.70. The second-order valence-electron chi connectivity index (χ2n) is 4.17. The minimum Gasteiger partial charge on any atom is -0.377 e. The lowest BCUT2D eigenvalue weighted by Gasteiger charge is -2.10. The third-order valence-electron chi connectivity index (χ3n) is 2.89. The van der Waals surface area contributed by atoms with E-state index in [0.717, 1.165) is 11.8 Å². The maximum absolute atomic E-state index is 13.6. The molecule has 7 heteroatoms. The quantitative estimate of drug-likeness (QED) is 0.878. The SMILES string of the molecule is CCn1nccc1CNc1cc(C(N)=O)c(F)cc1F. The monoisotopic (exact) mass is 280 g/mol. The molecule has 5 nitrogen and oxygen atoms in total. The number of halogens is 2. The number of hydrogen-bond donors (Lipinski definition) is 2. The lowest BCUT2D eigenvalue weighted by Crippen LogP contribution is -2.15. The van der Waals surface area contributed by atoms with Gasteiger partial charge in [-0.15, -0.1) is 0 Å². The fourth-order valence-corrected chi connectivity index (χ4v) is 1.85. The van der Waals surface area contributed by atoms with E-state index in [2.05, 4.69) is 10.4 Å². The normalized spacial score (nSPS) is 10.6. The van der Waals surface area contributed by atoms with Crippen LogP contribution in [0.5, 0.6) is 0 Å². The Hall–Kier alpha value is -2.44. The number of primary amides is 1. The summed E-state index contributed by atoms with van der Waals surface area (Å²) in [4.78, 5) is 11.0. The predicted octanol–water partition coefficient (Wildman–Crippen LogP) is 1.89. The number of nitrogens with two attached hydrogens (primary N) is 1. The molecule has 0 spiro atoms. The zero-order chi connectivity index (χ0) is 14.7. The summed E-state index contributed by atoms with van der Waals surface area (Å²) in [5, 5.41) is 6.88. The number of nitrogens with one attached hydrogen (secondary N) is 1. The van der Waals surface area contributed by atoms with Crippen molar-refractivity contribution in [3.63, 3.8) is 0 Å². The Kier molecular flexibility index (Phi) is 3.97. The van der Waals surface area contributed by atoms with Gasteiger partial charge in [-0.1, -0.05) is 0 Å². The zero-order valence-corrected chi connectivity index (χ0v) is 10.9. The Morgan fingerprint density at radius 3 is 2.80 bits per heavy atom. The van der Waals surface area contributed by atoms with Crippen molar-refractivity contribution in [3.05, 3.63) is 47.3 Å². The number of amides is 1. The van der Waals surface area contributed by atoms with Gasteiger partial charge in [0.05, 0.1) is 23.5 Å². The van der Waals surface area contributed by atoms with Crippen molar-refractivity contribution in [1.29, 1.82) is 0 Å². The van der Waals surface area contributed by atoms with Crippen molar-refractivity contribution in [1.82, 2.24) is 9.78 Å². The van der Waals surface area contributed by atoms with Crippen LogP contribution < -0.4 is 11.1 Å². The van der Waals surface area contributed by atoms with Crippen LogP contribution in [0.3, 0.4) is 0 Å². The molecule has 0 atom stereocenters. The number of carbonyl (C=O) groups is 1. The molecule has 0 aliphatic heterocycles. The van der Waals surface area contributed by atoms with Gasteiger partial charge in [0, 0.05) is 18.8 Å². The molecule has 20 heavy (non-hydrogen) atoms. The molecule has 3 N–H and O–H groups in total. The standard InChI is InChI=1S/C13H14F2N4O/c1-2-19-8(3-4-18-19)7-17-12-5-9(13(16)20)10(14)6-11(12)15/h3-6,17H,2,7H2,1H3,(H2,16,20). The molecule has 0 aliphatic rings. The van der Waals surface area contributed by atoms with Crippen LogP contribution in [0, 0.1) is 11.6 Å². The van der Waals surface area contributed by atoms with Crippen LogP contribution in [0.15, 0.2) is 24.4 Å². The first-order valence-electron chi connectivity index (χ1n) is 6.06. The predicted molar refractivity (Wildman–Crippen MR) is 70.1 cm³/mol. The number of nitrogens with zero attached hydrogens (tertiary/aromatic N) is 2. The van der Waals surface area contributed by atoms with Gasteiger partial charge in [0.25, 0.3) is 5.91 Å². The van der Waals surface area contributed by atoms with Gasteiger partial charge in [-0.05, 0) is 19.1 Å². The number of rotatable bonds is 5. The van der Waals surface area contributed by atoms with E-state index in [4.69, 9.17) is 5.73 Å². The van der Waals surface area contributed by atoms with Crippen LogP contribution in [0.4, 0.5) is 14.5 Å². The van der Waals surface area contributed by atoms with Crippen molar-refractivity contribution in [2.45, 2.75) is 20.0 Å². The Bertz CT molecular complexity index is 639. The molecule has 1 aromatic heterocycles. The average molecular weight is 280 g/mol. The molecule has 0 fully saturated rings. The number of aryl methyl sites for hydroxylation is 1. The molecule has 0 saturated heterocycles. The van der Waals surface area contributed by atoms with E-state index in [1.54, 1.807) is 16.9 Å². The van der Waals surface area contributed by atoms with E-state index in [0.29, 0.717) is 19.2 Å². The Balaban J connectivity index is 2.21. The number of aromatic nitrogens is 2. The molecular weight excluding hydrogens is 266 g/mol. The molecule has 0 radical (unpaired) electrons. The van der Waals surface area contributed by atoms with Crippen LogP contribution >= 0.6 is 0 Å². The zero-order valence-electron chi connectivity index (χ0n) is 10.9. The van der Waals surface area contributed by atoms with Gasteiger partial charge in [-0.25, -0.2) is 8.78 Å². The molecular formula is C13H14F2N4O. The van der Waals surface area contributed by atoms with Crippen LogP contribution in [0.1, 0.15) is 23.0 Å². The lowest BCUT2D eigenvalue weighted by atomic mass is 10.1. The van der Waals surface area contributed by atoms with Gasteiger partial charge in [0.2, 0.25) is 0 Å². The lowest BCUT2D eigenvalue weighted by molar-refractivity contribution is 0.0996. The Morgan fingerprint density at radius 1 is 1.40 bits per heavy atom. The van der Waals surface area contributed by atoms with E-state index in [1.165, 1.54) is 0 Å². The largest absolute Gasteiger partial charge is 0.377 e. The fraction of sp³-hybridized carbons (Fsp3) is 0.231. The summed E-state index contributed by atoms with van der Waals surface area (Å²) < 4.78 is 28.7. The molecule has 106 valence electrons. The maximum Gasteiger partial charge on any atom is 0.251 e. The molecule has 0 saturated carbocycles. The second kappa shape index (κ2) is 5.68. The van der Waals surface area contributed by atoms with Crippen molar-refractivity contribution in [3.8, 4) is 0 Å². The van der Waals surface area contributed by atoms with E-state index in [9.17, 15) is 13.6 Å². The van der Waals surface area contributed by atoms with Crippen LogP contribution in [0.2, 0.25) is 0 Å². The molecule has 1 aromatic carbocycles.